The quantitative estimate of drug-likeness (QED) is 0.313. The van der Waals surface area contributed by atoms with Crippen molar-refractivity contribution in [1.82, 2.24) is 29.7 Å². The van der Waals surface area contributed by atoms with Gasteiger partial charge in [0.2, 0.25) is 5.88 Å². The molecule has 2 fully saturated rings. The second-order valence-electron chi connectivity index (χ2n) is 11.4. The van der Waals surface area contributed by atoms with E-state index < -0.39 is 11.7 Å². The molecule has 11 heteroatoms. The lowest BCUT2D eigenvalue weighted by Crippen LogP contribution is -2.48. The molecule has 2 saturated heterocycles. The number of piperazine rings is 1. The third kappa shape index (κ3) is 6.83. The second-order valence-corrected chi connectivity index (χ2v) is 11.4. The van der Waals surface area contributed by atoms with Crippen LogP contribution >= 0.6 is 0 Å². The highest BCUT2D eigenvalue weighted by Crippen LogP contribution is 2.30. The third-order valence-electron chi connectivity index (χ3n) is 8.48. The van der Waals surface area contributed by atoms with Crippen LogP contribution in [0, 0.1) is 0 Å². The van der Waals surface area contributed by atoms with Crippen LogP contribution in [0.3, 0.4) is 0 Å². The average molecular weight is 593 g/mol. The third-order valence-corrected chi connectivity index (χ3v) is 8.48. The van der Waals surface area contributed by atoms with E-state index in [1.165, 1.54) is 17.7 Å². The minimum absolute atomic E-state index is 0.0199. The summed E-state index contributed by atoms with van der Waals surface area (Å²) in [6.45, 7) is 5.82. The van der Waals surface area contributed by atoms with E-state index >= 15 is 0 Å². The summed E-state index contributed by atoms with van der Waals surface area (Å²) in [5.74, 6) is 1.92. The first kappa shape index (κ1) is 29.1. The zero-order valence-electron chi connectivity index (χ0n) is 24.1. The molecule has 4 heterocycles. The standard InChI is InChI=1S/C32H35F3N6O2/c1-43-29-9-4-23(19-36-29)21-39-12-10-24(11-13-39)30-37-27-8-5-25(18-28(27)38-30)31(42)41-16-14-40(15-17-41)20-22-2-6-26(7-3-22)32(33,34)35/h2-9,18-19,24H,10-17,20-21H2,1H3,(H,37,38). The van der Waals surface area contributed by atoms with Crippen LogP contribution in [0.1, 0.15) is 51.6 Å². The molecule has 8 nitrogen and oxygen atoms in total. The molecule has 2 aromatic heterocycles. The number of carbonyl (C=O) groups is 1. The lowest BCUT2D eigenvalue weighted by atomic mass is 9.96. The number of alkyl halides is 3. The fraction of sp³-hybridized carbons (Fsp3) is 0.406. The van der Waals surface area contributed by atoms with E-state index in [0.717, 1.165) is 67.0 Å². The van der Waals surface area contributed by atoms with Gasteiger partial charge in [-0.2, -0.15) is 13.2 Å². The Bertz CT molecular complexity index is 1540. The number of ether oxygens (including phenoxy) is 1. The van der Waals surface area contributed by atoms with Crippen molar-refractivity contribution in [3.63, 3.8) is 0 Å². The molecule has 2 aliphatic heterocycles. The van der Waals surface area contributed by atoms with E-state index in [1.54, 1.807) is 7.11 Å². The van der Waals surface area contributed by atoms with Gasteiger partial charge in [-0.25, -0.2) is 9.97 Å². The Labute approximate surface area is 248 Å². The molecule has 2 aromatic carbocycles. The number of fused-ring (bicyclic) bond motifs is 1. The van der Waals surface area contributed by atoms with Gasteiger partial charge in [0.1, 0.15) is 5.82 Å². The average Bonchev–Trinajstić information content (AvgIpc) is 3.45. The molecule has 4 aromatic rings. The molecule has 43 heavy (non-hydrogen) atoms. The van der Waals surface area contributed by atoms with Crippen LogP contribution in [0.15, 0.2) is 60.8 Å². The number of aromatic amines is 1. The number of benzene rings is 2. The van der Waals surface area contributed by atoms with Gasteiger partial charge >= 0.3 is 6.18 Å². The molecular weight excluding hydrogens is 557 g/mol. The topological polar surface area (TPSA) is 77.6 Å². The number of halogens is 3. The van der Waals surface area contributed by atoms with Gasteiger partial charge in [0.15, 0.2) is 0 Å². The maximum atomic E-state index is 13.3. The molecule has 6 rings (SSSR count). The van der Waals surface area contributed by atoms with Crippen molar-refractivity contribution < 1.29 is 22.7 Å². The van der Waals surface area contributed by atoms with E-state index in [9.17, 15) is 18.0 Å². The molecule has 226 valence electrons. The summed E-state index contributed by atoms with van der Waals surface area (Å²) in [5.41, 5.74) is 3.71. The van der Waals surface area contributed by atoms with E-state index in [0.29, 0.717) is 50.1 Å². The molecule has 1 amide bonds. The first-order chi connectivity index (χ1) is 20.7. The highest BCUT2D eigenvalue weighted by atomic mass is 19.4. The zero-order chi connectivity index (χ0) is 30.0. The van der Waals surface area contributed by atoms with Crippen molar-refractivity contribution in [2.45, 2.75) is 38.0 Å². The molecule has 0 unspecified atom stereocenters. The first-order valence-electron chi connectivity index (χ1n) is 14.6. The fourth-order valence-electron chi connectivity index (χ4n) is 5.95. The summed E-state index contributed by atoms with van der Waals surface area (Å²) >= 11 is 0. The number of likely N-dealkylation sites (tertiary alicyclic amines) is 1. The van der Waals surface area contributed by atoms with Crippen LogP contribution in [0.5, 0.6) is 5.88 Å². The number of nitrogens with zero attached hydrogens (tertiary/aromatic N) is 5. The van der Waals surface area contributed by atoms with Gasteiger partial charge in [-0.05, 0) is 67.4 Å². The van der Waals surface area contributed by atoms with Crippen LogP contribution in [0.25, 0.3) is 11.0 Å². The van der Waals surface area contributed by atoms with Crippen molar-refractivity contribution >= 4 is 16.9 Å². The van der Waals surface area contributed by atoms with Crippen LogP contribution in [-0.2, 0) is 19.3 Å². The summed E-state index contributed by atoms with van der Waals surface area (Å²) < 4.78 is 43.7. The summed E-state index contributed by atoms with van der Waals surface area (Å²) in [6.07, 6.45) is -0.454. The lowest BCUT2D eigenvalue weighted by molar-refractivity contribution is -0.137. The maximum absolute atomic E-state index is 13.3. The van der Waals surface area contributed by atoms with Crippen molar-refractivity contribution in [1.29, 1.82) is 0 Å². The smallest absolute Gasteiger partial charge is 0.416 e. The lowest BCUT2D eigenvalue weighted by Gasteiger charge is -2.34. The van der Waals surface area contributed by atoms with Crippen LogP contribution < -0.4 is 4.74 Å². The number of H-pyrrole nitrogens is 1. The van der Waals surface area contributed by atoms with Gasteiger partial charge in [0.05, 0.1) is 23.7 Å². The Kier molecular flexibility index (Phi) is 8.36. The van der Waals surface area contributed by atoms with E-state index in [2.05, 4.69) is 25.8 Å². The number of rotatable bonds is 7. The number of pyridine rings is 1. The Hall–Kier alpha value is -3.96. The van der Waals surface area contributed by atoms with Crippen molar-refractivity contribution in [2.75, 3.05) is 46.4 Å². The highest BCUT2D eigenvalue weighted by molar-refractivity contribution is 5.97. The summed E-state index contributed by atoms with van der Waals surface area (Å²) in [6, 6.07) is 14.9. The number of nitrogens with one attached hydrogen (secondary N) is 1. The minimum Gasteiger partial charge on any atom is -0.481 e. The second kappa shape index (κ2) is 12.3. The van der Waals surface area contributed by atoms with Crippen molar-refractivity contribution in [3.8, 4) is 5.88 Å². The number of aromatic nitrogens is 3. The Morgan fingerprint density at radius 2 is 1.58 bits per heavy atom. The van der Waals surface area contributed by atoms with Crippen LogP contribution in [0.2, 0.25) is 0 Å². The number of piperidine rings is 1. The summed E-state index contributed by atoms with van der Waals surface area (Å²) in [4.78, 5) is 32.4. The summed E-state index contributed by atoms with van der Waals surface area (Å²) in [7, 11) is 1.62. The molecule has 0 bridgehead atoms. The Morgan fingerprint density at radius 3 is 2.23 bits per heavy atom. The monoisotopic (exact) mass is 592 g/mol. The van der Waals surface area contributed by atoms with Gasteiger partial charge in [-0.3, -0.25) is 14.6 Å². The Balaban J connectivity index is 1.01. The number of hydrogen-bond donors (Lipinski definition) is 1. The largest absolute Gasteiger partial charge is 0.481 e. The van der Waals surface area contributed by atoms with Gasteiger partial charge < -0.3 is 14.6 Å². The molecule has 0 radical (unpaired) electrons. The SMILES string of the molecule is COc1ccc(CN2CCC(c3nc4ccc(C(=O)N5CCN(Cc6ccc(C(F)(F)F)cc6)CC5)cc4[nH]3)CC2)cn1. The highest BCUT2D eigenvalue weighted by Gasteiger charge is 2.30. The number of carbonyl (C=O) groups excluding carboxylic acids is 1. The number of amides is 1. The van der Waals surface area contributed by atoms with E-state index in [4.69, 9.17) is 9.72 Å². The molecule has 2 aliphatic rings. The Morgan fingerprint density at radius 1 is 0.907 bits per heavy atom. The minimum atomic E-state index is -4.33. The maximum Gasteiger partial charge on any atom is 0.416 e. The van der Waals surface area contributed by atoms with Gasteiger partial charge in [0, 0.05) is 63.0 Å². The van der Waals surface area contributed by atoms with Crippen LogP contribution in [0.4, 0.5) is 13.2 Å². The molecule has 1 N–H and O–H groups in total. The van der Waals surface area contributed by atoms with Gasteiger partial charge in [0.25, 0.3) is 5.91 Å². The van der Waals surface area contributed by atoms with E-state index in [1.807, 2.05) is 35.4 Å². The fourth-order valence-corrected chi connectivity index (χ4v) is 5.95. The predicted octanol–water partition coefficient (Wildman–Crippen LogP) is 5.32. The molecule has 0 aliphatic carbocycles. The van der Waals surface area contributed by atoms with Crippen molar-refractivity contribution in [2.24, 2.45) is 0 Å². The molecule has 0 atom stereocenters. The van der Waals surface area contributed by atoms with Crippen molar-refractivity contribution in [3.05, 3.63) is 88.9 Å². The first-order valence-corrected chi connectivity index (χ1v) is 14.6. The number of imidazole rings is 1. The van der Waals surface area contributed by atoms with Crippen LogP contribution in [-0.4, -0.2) is 81.9 Å². The molecule has 0 spiro atoms. The number of hydrogen-bond acceptors (Lipinski definition) is 6. The predicted molar refractivity (Wildman–Crippen MR) is 157 cm³/mol. The van der Waals surface area contributed by atoms with Gasteiger partial charge in [-0.15, -0.1) is 0 Å². The summed E-state index contributed by atoms with van der Waals surface area (Å²) in [5, 5.41) is 0. The van der Waals surface area contributed by atoms with Gasteiger partial charge in [-0.1, -0.05) is 18.2 Å². The number of methoxy groups -OCH3 is 1. The van der Waals surface area contributed by atoms with E-state index in [-0.39, 0.29) is 5.91 Å². The zero-order valence-corrected chi connectivity index (χ0v) is 24.1. The molecular formula is C32H35F3N6O2. The molecule has 0 saturated carbocycles. The normalized spacial score (nSPS) is 17.4.